The van der Waals surface area contributed by atoms with Gasteiger partial charge in [-0.25, -0.2) is 19.7 Å². The molecule has 0 amide bonds. The van der Waals surface area contributed by atoms with Gasteiger partial charge in [0.05, 0.1) is 5.41 Å². The van der Waals surface area contributed by atoms with Crippen molar-refractivity contribution >= 4 is 17.0 Å². The van der Waals surface area contributed by atoms with Gasteiger partial charge in [-0.15, -0.1) is 6.58 Å². The Balaban J connectivity index is 1.38. The molecule has 3 fully saturated rings. The summed E-state index contributed by atoms with van der Waals surface area (Å²) >= 11 is 0. The number of hydrogen-bond donors (Lipinski definition) is 2. The molecule has 4 aromatic rings. The number of aromatic nitrogens is 7. The summed E-state index contributed by atoms with van der Waals surface area (Å²) in [5, 5.41) is 7.61. The molecule has 0 bridgehead atoms. The number of nitrogens with one attached hydrogen (secondary N) is 2. The topological polar surface area (TPSA) is 127 Å². The standard InChI is InChI=1S/C30H36N8O2/c1-3-19-9-11-20(12-10-19)17-38-23-24(32-18(2)21-6-4-7-21)33-26(27-36-29(39)40-37-27)34-25(23)35-28(38)30(13-14-30)22-8-5-15-31-16-22/h3,5,8,15-16,18-21H,1,4,6-7,9-14,17H2,2H3,(H,32,33,34)(H,36,37,39)/t18-,19?,20?/m1/s1. The smallest absolute Gasteiger partial charge is 0.365 e. The van der Waals surface area contributed by atoms with Crippen molar-refractivity contribution in [2.45, 2.75) is 82.7 Å². The quantitative estimate of drug-likeness (QED) is 0.276. The fourth-order valence-electron chi connectivity index (χ4n) is 6.66. The summed E-state index contributed by atoms with van der Waals surface area (Å²) in [6, 6.07) is 4.41. The van der Waals surface area contributed by atoms with Crippen molar-refractivity contribution in [3.05, 3.63) is 59.1 Å². The number of allylic oxidation sites excluding steroid dienone is 1. The summed E-state index contributed by atoms with van der Waals surface area (Å²) in [5.41, 5.74) is 2.54. The lowest BCUT2D eigenvalue weighted by Crippen LogP contribution is -2.31. The largest absolute Gasteiger partial charge is 0.439 e. The van der Waals surface area contributed by atoms with Gasteiger partial charge in [0.15, 0.2) is 11.5 Å². The predicted molar refractivity (Wildman–Crippen MR) is 152 cm³/mol. The van der Waals surface area contributed by atoms with Crippen LogP contribution in [0.15, 0.2) is 46.5 Å². The summed E-state index contributed by atoms with van der Waals surface area (Å²) in [6.45, 7) is 7.13. The Hall–Kier alpha value is -3.82. The third kappa shape index (κ3) is 4.43. The van der Waals surface area contributed by atoms with Crippen LogP contribution >= 0.6 is 0 Å². The summed E-state index contributed by atoms with van der Waals surface area (Å²) in [6.07, 6.45) is 16.3. The van der Waals surface area contributed by atoms with Gasteiger partial charge in [0.1, 0.15) is 11.3 Å². The van der Waals surface area contributed by atoms with E-state index in [4.69, 9.17) is 19.5 Å². The first kappa shape index (κ1) is 25.2. The maximum atomic E-state index is 11.8. The van der Waals surface area contributed by atoms with Crippen LogP contribution in [0.5, 0.6) is 0 Å². The second kappa shape index (κ2) is 9.98. The molecule has 0 unspecified atom stereocenters. The third-order valence-corrected chi connectivity index (χ3v) is 9.53. The average molecular weight is 541 g/mol. The summed E-state index contributed by atoms with van der Waals surface area (Å²) < 4.78 is 7.19. The molecule has 3 aliphatic carbocycles. The molecule has 1 atom stereocenters. The SMILES string of the molecule is C=CC1CCC(Cn2c(C3(c4cccnc4)CC3)nc3nc(-c4noc(=O)[nH]4)nc(N[C@H](C)C4CCC4)c32)CC1. The van der Waals surface area contributed by atoms with E-state index in [0.29, 0.717) is 29.2 Å². The number of aromatic amines is 1. The second-order valence-corrected chi connectivity index (χ2v) is 12.0. The molecular weight excluding hydrogens is 504 g/mol. The molecule has 7 rings (SSSR count). The lowest BCUT2D eigenvalue weighted by Gasteiger charge is -2.32. The Bertz CT molecular complexity index is 1570. The van der Waals surface area contributed by atoms with Crippen molar-refractivity contribution in [1.82, 2.24) is 34.6 Å². The number of hydrogen-bond acceptors (Lipinski definition) is 8. The molecule has 0 saturated heterocycles. The monoisotopic (exact) mass is 540 g/mol. The van der Waals surface area contributed by atoms with Gasteiger partial charge in [0.2, 0.25) is 11.6 Å². The van der Waals surface area contributed by atoms with Crippen LogP contribution < -0.4 is 11.1 Å². The van der Waals surface area contributed by atoms with Crippen LogP contribution in [0, 0.1) is 17.8 Å². The van der Waals surface area contributed by atoms with E-state index >= 15 is 0 Å². The van der Waals surface area contributed by atoms with Crippen LogP contribution in [-0.4, -0.2) is 40.7 Å². The highest BCUT2D eigenvalue weighted by Crippen LogP contribution is 2.54. The highest BCUT2D eigenvalue weighted by molar-refractivity contribution is 5.86. The molecule has 0 aliphatic heterocycles. The maximum absolute atomic E-state index is 11.8. The van der Waals surface area contributed by atoms with Gasteiger partial charge in [-0.2, -0.15) is 0 Å². The minimum atomic E-state index is -0.633. The Morgan fingerprint density at radius 1 is 1.20 bits per heavy atom. The Morgan fingerprint density at radius 3 is 2.65 bits per heavy atom. The molecule has 3 saturated carbocycles. The zero-order chi connectivity index (χ0) is 27.3. The van der Waals surface area contributed by atoms with Crippen molar-refractivity contribution in [3.8, 4) is 11.6 Å². The second-order valence-electron chi connectivity index (χ2n) is 12.0. The number of nitrogens with zero attached hydrogens (tertiary/aromatic N) is 6. The average Bonchev–Trinajstić information content (AvgIpc) is 3.50. The first-order valence-corrected chi connectivity index (χ1v) is 14.7. The van der Waals surface area contributed by atoms with Crippen molar-refractivity contribution in [3.63, 3.8) is 0 Å². The van der Waals surface area contributed by atoms with Crippen LogP contribution in [0.1, 0.15) is 76.1 Å². The molecular formula is C30H36N8O2. The zero-order valence-corrected chi connectivity index (χ0v) is 23.0. The highest BCUT2D eigenvalue weighted by Gasteiger charge is 2.50. The molecule has 3 aliphatic rings. The van der Waals surface area contributed by atoms with Gasteiger partial charge >= 0.3 is 5.76 Å². The lowest BCUT2D eigenvalue weighted by atomic mass is 9.80. The summed E-state index contributed by atoms with van der Waals surface area (Å²) in [7, 11) is 0. The maximum Gasteiger partial charge on any atom is 0.439 e. The molecule has 40 heavy (non-hydrogen) atoms. The molecule has 0 aromatic carbocycles. The number of fused-ring (bicyclic) bond motifs is 1. The Morgan fingerprint density at radius 2 is 2.02 bits per heavy atom. The summed E-state index contributed by atoms with van der Waals surface area (Å²) in [5.74, 6) is 3.40. The van der Waals surface area contributed by atoms with Crippen molar-refractivity contribution in [1.29, 1.82) is 0 Å². The number of H-pyrrole nitrogens is 1. The Labute approximate surface area is 232 Å². The number of anilines is 1. The molecule has 4 aromatic heterocycles. The Kier molecular flexibility index (Phi) is 6.28. The van der Waals surface area contributed by atoms with Gasteiger partial charge in [-0.05, 0) is 87.7 Å². The van der Waals surface area contributed by atoms with Crippen molar-refractivity contribution in [2.75, 3.05) is 5.32 Å². The molecule has 2 N–H and O–H groups in total. The van der Waals surface area contributed by atoms with Crippen LogP contribution in [-0.2, 0) is 12.0 Å². The van der Waals surface area contributed by atoms with Crippen LogP contribution in [0.25, 0.3) is 22.8 Å². The van der Waals surface area contributed by atoms with E-state index in [-0.39, 0.29) is 17.3 Å². The van der Waals surface area contributed by atoms with E-state index < -0.39 is 5.76 Å². The number of imidazole rings is 1. The van der Waals surface area contributed by atoms with Crippen molar-refractivity contribution in [2.24, 2.45) is 17.8 Å². The molecule has 208 valence electrons. The zero-order valence-electron chi connectivity index (χ0n) is 23.0. The van der Waals surface area contributed by atoms with Crippen molar-refractivity contribution < 1.29 is 4.52 Å². The van der Waals surface area contributed by atoms with Gasteiger partial charge in [0.25, 0.3) is 0 Å². The molecule has 10 heteroatoms. The van der Waals surface area contributed by atoms with E-state index in [9.17, 15) is 4.79 Å². The summed E-state index contributed by atoms with van der Waals surface area (Å²) in [4.78, 5) is 33.8. The molecule has 4 heterocycles. The van der Waals surface area contributed by atoms with Crippen LogP contribution in [0.2, 0.25) is 0 Å². The first-order chi connectivity index (χ1) is 19.5. The first-order valence-electron chi connectivity index (χ1n) is 14.7. The highest BCUT2D eigenvalue weighted by atomic mass is 16.5. The number of pyridine rings is 1. The minimum Gasteiger partial charge on any atom is -0.365 e. The van der Waals surface area contributed by atoms with Crippen LogP contribution in [0.3, 0.4) is 0 Å². The minimum absolute atomic E-state index is 0.188. The molecule has 10 nitrogen and oxygen atoms in total. The van der Waals surface area contributed by atoms with Crippen LogP contribution in [0.4, 0.5) is 5.82 Å². The van der Waals surface area contributed by atoms with Gasteiger partial charge < -0.3 is 9.88 Å². The lowest BCUT2D eigenvalue weighted by molar-refractivity contribution is 0.280. The van der Waals surface area contributed by atoms with E-state index in [2.05, 4.69) is 50.7 Å². The van der Waals surface area contributed by atoms with Gasteiger partial charge in [-0.1, -0.05) is 23.7 Å². The number of rotatable bonds is 9. The normalized spacial score (nSPS) is 23.0. The molecule has 0 spiro atoms. The third-order valence-electron chi connectivity index (χ3n) is 9.53. The van der Waals surface area contributed by atoms with Gasteiger partial charge in [-0.3, -0.25) is 14.5 Å². The predicted octanol–water partition coefficient (Wildman–Crippen LogP) is 5.24. The van der Waals surface area contributed by atoms with E-state index in [1.165, 1.54) is 37.7 Å². The fourth-order valence-corrected chi connectivity index (χ4v) is 6.66. The molecule has 0 radical (unpaired) electrons. The van der Waals surface area contributed by atoms with E-state index in [1.54, 1.807) is 0 Å². The van der Waals surface area contributed by atoms with E-state index in [0.717, 1.165) is 49.4 Å². The van der Waals surface area contributed by atoms with E-state index in [1.807, 2.05) is 18.5 Å². The fraction of sp³-hybridized carbons (Fsp3) is 0.533. The van der Waals surface area contributed by atoms with Gasteiger partial charge in [0, 0.05) is 25.0 Å².